The summed E-state index contributed by atoms with van der Waals surface area (Å²) in [5.41, 5.74) is 5.37. The molecule has 0 amide bonds. The van der Waals surface area contributed by atoms with Crippen LogP contribution in [0.5, 0.6) is 5.88 Å². The topological polar surface area (TPSA) is 73.1 Å². The molecule has 0 saturated carbocycles. The molecule has 0 unspecified atom stereocenters. The third-order valence-corrected chi connectivity index (χ3v) is 2.28. The van der Waals surface area contributed by atoms with Gasteiger partial charge in [0.25, 0.3) is 0 Å². The second-order valence-corrected chi connectivity index (χ2v) is 3.46. The fourth-order valence-electron chi connectivity index (χ4n) is 1.46. The number of hydrogen-bond acceptors (Lipinski definition) is 5. The summed E-state index contributed by atoms with van der Waals surface area (Å²) in [5.74, 6) is 0.626. The molecule has 0 aliphatic carbocycles. The van der Waals surface area contributed by atoms with Crippen molar-refractivity contribution in [2.45, 2.75) is 18.7 Å². The Bertz CT molecular complexity index is 318. The van der Waals surface area contributed by atoms with Crippen molar-refractivity contribution in [3.8, 4) is 5.88 Å². The Labute approximate surface area is 86.8 Å². The second kappa shape index (κ2) is 4.39. The van der Waals surface area contributed by atoms with Crippen molar-refractivity contribution < 1.29 is 9.13 Å². The van der Waals surface area contributed by atoms with E-state index in [1.165, 1.54) is 0 Å². The second-order valence-electron chi connectivity index (χ2n) is 3.46. The van der Waals surface area contributed by atoms with Crippen molar-refractivity contribution >= 4 is 5.82 Å². The normalized spacial score (nSPS) is 26.2. The smallest absolute Gasteiger partial charge is 0.233 e. The van der Waals surface area contributed by atoms with Crippen LogP contribution < -0.4 is 15.8 Å². The fourth-order valence-corrected chi connectivity index (χ4v) is 1.46. The minimum atomic E-state index is -0.953. The first kappa shape index (κ1) is 10.1. The van der Waals surface area contributed by atoms with Gasteiger partial charge < -0.3 is 15.8 Å². The molecule has 2 rings (SSSR count). The Hall–Kier alpha value is -1.43. The van der Waals surface area contributed by atoms with Crippen LogP contribution in [0, 0.1) is 0 Å². The van der Waals surface area contributed by atoms with E-state index in [0.29, 0.717) is 31.2 Å². The molecular formula is C9H13FN4O. The summed E-state index contributed by atoms with van der Waals surface area (Å²) in [4.78, 5) is 0. The summed E-state index contributed by atoms with van der Waals surface area (Å²) in [6, 6.07) is 3.16. The molecule has 0 aromatic carbocycles. The number of rotatable bonds is 2. The van der Waals surface area contributed by atoms with E-state index in [9.17, 15) is 4.39 Å². The molecule has 0 bridgehead atoms. The fraction of sp³-hybridized carbons (Fsp3) is 0.556. The molecule has 15 heavy (non-hydrogen) atoms. The maximum atomic E-state index is 13.4. The van der Waals surface area contributed by atoms with Gasteiger partial charge in [0, 0.05) is 12.6 Å². The van der Waals surface area contributed by atoms with Crippen LogP contribution in [0.4, 0.5) is 10.2 Å². The summed E-state index contributed by atoms with van der Waals surface area (Å²) in [7, 11) is 0. The van der Waals surface area contributed by atoms with Crippen LogP contribution in [0.2, 0.25) is 0 Å². The van der Waals surface area contributed by atoms with Gasteiger partial charge in [0.1, 0.15) is 18.1 Å². The van der Waals surface area contributed by atoms with Crippen LogP contribution in [0.25, 0.3) is 0 Å². The molecule has 0 radical (unpaired) electrons. The van der Waals surface area contributed by atoms with Gasteiger partial charge in [0.05, 0.1) is 0 Å². The first-order valence-corrected chi connectivity index (χ1v) is 4.86. The van der Waals surface area contributed by atoms with Crippen molar-refractivity contribution in [1.29, 1.82) is 0 Å². The maximum absolute atomic E-state index is 13.4. The van der Waals surface area contributed by atoms with Gasteiger partial charge in [-0.25, -0.2) is 4.39 Å². The van der Waals surface area contributed by atoms with Crippen LogP contribution in [-0.2, 0) is 0 Å². The Balaban J connectivity index is 1.98. The van der Waals surface area contributed by atoms with Crippen molar-refractivity contribution in [1.82, 2.24) is 15.5 Å². The number of halogens is 1. The van der Waals surface area contributed by atoms with Gasteiger partial charge in [0.2, 0.25) is 5.88 Å². The third-order valence-electron chi connectivity index (χ3n) is 2.28. The molecule has 1 fully saturated rings. The van der Waals surface area contributed by atoms with Crippen LogP contribution >= 0.6 is 0 Å². The number of nitrogens with zero attached hydrogens (tertiary/aromatic N) is 2. The van der Waals surface area contributed by atoms with Crippen LogP contribution in [0.3, 0.4) is 0 Å². The number of ether oxygens (including phenoxy) is 1. The van der Waals surface area contributed by atoms with E-state index in [2.05, 4.69) is 15.5 Å². The molecule has 1 aliphatic heterocycles. The monoisotopic (exact) mass is 212 g/mol. The quantitative estimate of drug-likeness (QED) is 0.729. The Morgan fingerprint density at radius 1 is 1.47 bits per heavy atom. The van der Waals surface area contributed by atoms with Gasteiger partial charge in [-0.05, 0) is 19.0 Å². The Morgan fingerprint density at radius 2 is 2.33 bits per heavy atom. The highest BCUT2D eigenvalue weighted by atomic mass is 19.1. The van der Waals surface area contributed by atoms with Gasteiger partial charge in [-0.2, -0.15) is 0 Å². The van der Waals surface area contributed by atoms with Crippen molar-refractivity contribution in [2.24, 2.45) is 0 Å². The molecular weight excluding hydrogens is 199 g/mol. The highest BCUT2D eigenvalue weighted by Gasteiger charge is 2.26. The molecule has 1 aromatic heterocycles. The zero-order chi connectivity index (χ0) is 10.7. The van der Waals surface area contributed by atoms with E-state index >= 15 is 0 Å². The first-order chi connectivity index (χ1) is 7.25. The molecule has 1 aliphatic rings. The lowest BCUT2D eigenvalue weighted by atomic mass is 10.1. The number of nitrogens with one attached hydrogen (secondary N) is 1. The summed E-state index contributed by atoms with van der Waals surface area (Å²) >= 11 is 0. The highest BCUT2D eigenvalue weighted by molar-refractivity contribution is 5.27. The molecule has 2 atom stereocenters. The average Bonchev–Trinajstić information content (AvgIpc) is 2.25. The lowest BCUT2D eigenvalue weighted by Crippen LogP contribution is -2.45. The van der Waals surface area contributed by atoms with E-state index in [1.807, 2.05) is 0 Å². The number of hydrogen-bond donors (Lipinski definition) is 2. The summed E-state index contributed by atoms with van der Waals surface area (Å²) in [6.07, 6.45) is -0.977. The minimum Gasteiger partial charge on any atom is -0.469 e. The van der Waals surface area contributed by atoms with Gasteiger partial charge in [0.15, 0.2) is 0 Å². The first-order valence-electron chi connectivity index (χ1n) is 4.86. The largest absolute Gasteiger partial charge is 0.469 e. The van der Waals surface area contributed by atoms with Crippen molar-refractivity contribution in [3.05, 3.63) is 12.1 Å². The minimum absolute atomic E-state index is 0.306. The number of aromatic nitrogens is 2. The Morgan fingerprint density at radius 3 is 3.00 bits per heavy atom. The van der Waals surface area contributed by atoms with Crippen molar-refractivity contribution in [2.75, 3.05) is 18.8 Å². The summed E-state index contributed by atoms with van der Waals surface area (Å²) in [6.45, 7) is 1.18. The molecule has 0 spiro atoms. The maximum Gasteiger partial charge on any atom is 0.233 e. The van der Waals surface area contributed by atoms with E-state index in [0.717, 1.165) is 0 Å². The highest BCUT2D eigenvalue weighted by Crippen LogP contribution is 2.15. The van der Waals surface area contributed by atoms with Crippen LogP contribution in [0.15, 0.2) is 12.1 Å². The molecule has 82 valence electrons. The van der Waals surface area contributed by atoms with Crippen LogP contribution in [-0.4, -0.2) is 35.6 Å². The average molecular weight is 212 g/mol. The predicted molar refractivity (Wildman–Crippen MR) is 53.2 cm³/mol. The van der Waals surface area contributed by atoms with E-state index < -0.39 is 12.3 Å². The summed E-state index contributed by atoms with van der Waals surface area (Å²) in [5, 5.41) is 10.4. The predicted octanol–water partition coefficient (Wildman–Crippen LogP) is 0.138. The molecule has 6 heteroatoms. The number of nitrogen functional groups attached to an aromatic ring is 1. The number of piperidine rings is 1. The lowest BCUT2D eigenvalue weighted by molar-refractivity contribution is 0.0700. The SMILES string of the molecule is Nc1ccc(O[C@H]2CNCC[C@@H]2F)nn1. The zero-order valence-corrected chi connectivity index (χ0v) is 8.19. The lowest BCUT2D eigenvalue weighted by Gasteiger charge is -2.26. The number of nitrogens with two attached hydrogens (primary N) is 1. The molecule has 5 nitrogen and oxygen atoms in total. The van der Waals surface area contributed by atoms with Gasteiger partial charge in [-0.1, -0.05) is 0 Å². The number of alkyl halides is 1. The molecule has 2 heterocycles. The van der Waals surface area contributed by atoms with Gasteiger partial charge in [-0.3, -0.25) is 0 Å². The van der Waals surface area contributed by atoms with Gasteiger partial charge >= 0.3 is 0 Å². The van der Waals surface area contributed by atoms with E-state index in [4.69, 9.17) is 10.5 Å². The molecule has 1 saturated heterocycles. The molecule has 3 N–H and O–H groups in total. The molecule has 1 aromatic rings. The zero-order valence-electron chi connectivity index (χ0n) is 8.19. The number of anilines is 1. The standard InChI is InChI=1S/C9H13FN4O/c10-6-3-4-12-5-7(6)15-9-2-1-8(11)13-14-9/h1-2,6-7,12H,3-5H2,(H2,11,13)/t6-,7-/m0/s1. The van der Waals surface area contributed by atoms with E-state index in [-0.39, 0.29) is 0 Å². The van der Waals surface area contributed by atoms with Gasteiger partial charge in [-0.15, -0.1) is 10.2 Å². The Kier molecular flexibility index (Phi) is 2.96. The van der Waals surface area contributed by atoms with E-state index in [1.54, 1.807) is 12.1 Å². The van der Waals surface area contributed by atoms with Crippen molar-refractivity contribution in [3.63, 3.8) is 0 Å². The van der Waals surface area contributed by atoms with Crippen LogP contribution in [0.1, 0.15) is 6.42 Å². The summed E-state index contributed by atoms with van der Waals surface area (Å²) < 4.78 is 18.7. The third kappa shape index (κ3) is 2.53.